The minimum atomic E-state index is 0.728. The van der Waals surface area contributed by atoms with Crippen LogP contribution in [0.5, 0.6) is 0 Å². The third-order valence-corrected chi connectivity index (χ3v) is 2.84. The van der Waals surface area contributed by atoms with Gasteiger partial charge in [-0.3, -0.25) is 0 Å². The first-order chi connectivity index (χ1) is 7.25. The third kappa shape index (κ3) is 1.16. The highest BCUT2D eigenvalue weighted by molar-refractivity contribution is 5.83. The monoisotopic (exact) mass is 200 g/mol. The fourth-order valence-electron chi connectivity index (χ4n) is 2.19. The summed E-state index contributed by atoms with van der Waals surface area (Å²) in [5.74, 6) is 0.924. The summed E-state index contributed by atoms with van der Waals surface area (Å²) in [7, 11) is 0. The van der Waals surface area contributed by atoms with E-state index in [2.05, 4.69) is 36.5 Å². The highest BCUT2D eigenvalue weighted by atomic mass is 16.5. The number of hydrogen-bond donors (Lipinski definition) is 1. The summed E-state index contributed by atoms with van der Waals surface area (Å²) in [5.41, 5.74) is 6.07. The normalized spacial score (nSPS) is 12.9. The van der Waals surface area contributed by atoms with Crippen molar-refractivity contribution in [2.75, 3.05) is 5.32 Å². The molecule has 0 spiro atoms. The van der Waals surface area contributed by atoms with Crippen molar-refractivity contribution in [1.29, 1.82) is 0 Å². The molecule has 0 aliphatic carbocycles. The zero-order chi connectivity index (χ0) is 10.4. The molecule has 1 aromatic heterocycles. The topological polar surface area (TPSA) is 38.1 Å². The minimum absolute atomic E-state index is 0.728. The molecule has 0 atom stereocenters. The fourth-order valence-corrected chi connectivity index (χ4v) is 2.19. The lowest BCUT2D eigenvalue weighted by Gasteiger charge is -2.19. The van der Waals surface area contributed by atoms with Gasteiger partial charge >= 0.3 is 0 Å². The van der Waals surface area contributed by atoms with E-state index in [0.29, 0.717) is 0 Å². The Balaban J connectivity index is 2.32. The highest BCUT2D eigenvalue weighted by Gasteiger charge is 2.20. The second kappa shape index (κ2) is 2.86. The number of benzene rings is 1. The van der Waals surface area contributed by atoms with Crippen LogP contribution in [0.3, 0.4) is 0 Å². The summed E-state index contributed by atoms with van der Waals surface area (Å²) >= 11 is 0. The second-order valence-corrected chi connectivity index (χ2v) is 4.02. The Bertz CT molecular complexity index is 528. The van der Waals surface area contributed by atoms with Crippen molar-refractivity contribution in [2.45, 2.75) is 20.4 Å². The lowest BCUT2D eigenvalue weighted by molar-refractivity contribution is 0.388. The van der Waals surface area contributed by atoms with Gasteiger partial charge in [-0.2, -0.15) is 0 Å². The Hall–Kier alpha value is -1.77. The molecule has 0 bridgehead atoms. The van der Waals surface area contributed by atoms with Crippen molar-refractivity contribution in [2.24, 2.45) is 0 Å². The highest BCUT2D eigenvalue weighted by Crippen LogP contribution is 2.37. The molecule has 0 unspecified atom stereocenters. The van der Waals surface area contributed by atoms with Gasteiger partial charge < -0.3 is 9.84 Å². The molecule has 3 nitrogen and oxygen atoms in total. The van der Waals surface area contributed by atoms with E-state index in [1.807, 2.05) is 0 Å². The standard InChI is InChI=1S/C12H12N2O/c1-7-3-8(2)12-9(4-7)10-5-14-15-11(10)6-13-12/h3-5,13H,6H2,1-2H3. The van der Waals surface area contributed by atoms with E-state index in [1.165, 1.54) is 22.4 Å². The first-order valence-corrected chi connectivity index (χ1v) is 5.05. The Morgan fingerprint density at radius 2 is 2.13 bits per heavy atom. The van der Waals surface area contributed by atoms with Crippen molar-refractivity contribution in [1.82, 2.24) is 5.16 Å². The number of aromatic nitrogens is 1. The van der Waals surface area contributed by atoms with Crippen LogP contribution in [0, 0.1) is 13.8 Å². The quantitative estimate of drug-likeness (QED) is 0.710. The van der Waals surface area contributed by atoms with E-state index >= 15 is 0 Å². The van der Waals surface area contributed by atoms with Crippen molar-refractivity contribution < 1.29 is 4.52 Å². The van der Waals surface area contributed by atoms with Crippen LogP contribution in [-0.4, -0.2) is 5.16 Å². The molecule has 15 heavy (non-hydrogen) atoms. The predicted molar refractivity (Wildman–Crippen MR) is 58.7 cm³/mol. The molecular formula is C12H12N2O. The lowest BCUT2D eigenvalue weighted by atomic mass is 9.96. The first kappa shape index (κ1) is 8.53. The molecule has 0 amide bonds. The van der Waals surface area contributed by atoms with Gasteiger partial charge in [0.2, 0.25) is 0 Å². The molecule has 1 aliphatic heterocycles. The van der Waals surface area contributed by atoms with Crippen LogP contribution in [-0.2, 0) is 6.54 Å². The van der Waals surface area contributed by atoms with E-state index < -0.39 is 0 Å². The molecule has 2 heterocycles. The Kier molecular flexibility index (Phi) is 1.63. The number of nitrogens with one attached hydrogen (secondary N) is 1. The Morgan fingerprint density at radius 1 is 1.27 bits per heavy atom. The zero-order valence-corrected chi connectivity index (χ0v) is 8.79. The molecule has 0 saturated heterocycles. The maximum Gasteiger partial charge on any atom is 0.163 e. The van der Waals surface area contributed by atoms with Crippen LogP contribution in [0.2, 0.25) is 0 Å². The van der Waals surface area contributed by atoms with Gasteiger partial charge in [-0.25, -0.2) is 0 Å². The number of hydrogen-bond acceptors (Lipinski definition) is 3. The largest absolute Gasteiger partial charge is 0.377 e. The number of fused-ring (bicyclic) bond motifs is 3. The summed E-state index contributed by atoms with van der Waals surface area (Å²) in [6, 6.07) is 4.36. The third-order valence-electron chi connectivity index (χ3n) is 2.84. The van der Waals surface area contributed by atoms with E-state index in [9.17, 15) is 0 Å². The SMILES string of the molecule is Cc1cc(C)c2c(c1)-c1cnoc1CN2. The van der Waals surface area contributed by atoms with Gasteiger partial charge in [0.25, 0.3) is 0 Å². The minimum Gasteiger partial charge on any atom is -0.377 e. The van der Waals surface area contributed by atoms with Crippen molar-refractivity contribution in [3.05, 3.63) is 35.2 Å². The van der Waals surface area contributed by atoms with E-state index in [0.717, 1.165) is 17.9 Å². The average Bonchev–Trinajstić information content (AvgIpc) is 2.65. The summed E-state index contributed by atoms with van der Waals surface area (Å²) in [6.45, 7) is 4.96. The lowest BCUT2D eigenvalue weighted by Crippen LogP contribution is -2.08. The van der Waals surface area contributed by atoms with E-state index in [4.69, 9.17) is 4.52 Å². The van der Waals surface area contributed by atoms with Crippen LogP contribution in [0.4, 0.5) is 5.69 Å². The summed E-state index contributed by atoms with van der Waals surface area (Å²) in [6.07, 6.45) is 1.80. The number of rotatable bonds is 0. The first-order valence-electron chi connectivity index (χ1n) is 5.05. The maximum absolute atomic E-state index is 5.18. The summed E-state index contributed by atoms with van der Waals surface area (Å²) < 4.78 is 5.18. The van der Waals surface area contributed by atoms with Crippen LogP contribution >= 0.6 is 0 Å². The maximum atomic E-state index is 5.18. The zero-order valence-electron chi connectivity index (χ0n) is 8.79. The number of anilines is 1. The molecule has 1 N–H and O–H groups in total. The van der Waals surface area contributed by atoms with Gasteiger partial charge in [0.05, 0.1) is 12.7 Å². The molecule has 3 heteroatoms. The van der Waals surface area contributed by atoms with Crippen LogP contribution in [0.1, 0.15) is 16.9 Å². The molecule has 3 rings (SSSR count). The van der Waals surface area contributed by atoms with Crippen LogP contribution in [0.25, 0.3) is 11.1 Å². The summed E-state index contributed by atoms with van der Waals surface area (Å²) in [5, 5.41) is 7.21. The van der Waals surface area contributed by atoms with Crippen molar-refractivity contribution >= 4 is 5.69 Å². The smallest absolute Gasteiger partial charge is 0.163 e. The molecule has 0 fully saturated rings. The summed E-state index contributed by atoms with van der Waals surface area (Å²) in [4.78, 5) is 0. The molecule has 76 valence electrons. The van der Waals surface area contributed by atoms with Crippen LogP contribution in [0.15, 0.2) is 22.9 Å². The van der Waals surface area contributed by atoms with E-state index in [1.54, 1.807) is 6.20 Å². The van der Waals surface area contributed by atoms with Gasteiger partial charge in [0.15, 0.2) is 5.76 Å². The van der Waals surface area contributed by atoms with Gasteiger partial charge in [0.1, 0.15) is 0 Å². The molecule has 1 aromatic carbocycles. The second-order valence-electron chi connectivity index (χ2n) is 4.02. The molecule has 0 radical (unpaired) electrons. The number of aryl methyl sites for hydroxylation is 2. The molecule has 1 aliphatic rings. The molecule has 2 aromatic rings. The van der Waals surface area contributed by atoms with Crippen LogP contribution < -0.4 is 5.32 Å². The van der Waals surface area contributed by atoms with Crippen molar-refractivity contribution in [3.63, 3.8) is 0 Å². The van der Waals surface area contributed by atoms with Gasteiger partial charge in [-0.05, 0) is 25.5 Å². The fraction of sp³-hybridized carbons (Fsp3) is 0.250. The van der Waals surface area contributed by atoms with Gasteiger partial charge in [-0.15, -0.1) is 0 Å². The predicted octanol–water partition coefficient (Wildman–Crippen LogP) is 2.88. The molecular weight excluding hydrogens is 188 g/mol. The Morgan fingerprint density at radius 3 is 3.00 bits per heavy atom. The van der Waals surface area contributed by atoms with Crippen molar-refractivity contribution in [3.8, 4) is 11.1 Å². The molecule has 0 saturated carbocycles. The Labute approximate surface area is 88.1 Å². The van der Waals surface area contributed by atoms with E-state index in [-0.39, 0.29) is 0 Å². The van der Waals surface area contributed by atoms with Gasteiger partial charge in [0, 0.05) is 16.8 Å². The van der Waals surface area contributed by atoms with Gasteiger partial charge in [-0.1, -0.05) is 16.8 Å². The number of nitrogens with zero attached hydrogens (tertiary/aromatic N) is 1. The average molecular weight is 200 g/mol.